The highest BCUT2D eigenvalue weighted by molar-refractivity contribution is 6.21. The number of aryl methyl sites for hydroxylation is 1. The fourth-order valence-corrected chi connectivity index (χ4v) is 2.42. The molecule has 3 heteroatoms. The van der Waals surface area contributed by atoms with Crippen LogP contribution in [-0.2, 0) is 6.42 Å². The average Bonchev–Trinajstić information content (AvgIpc) is 2.53. The van der Waals surface area contributed by atoms with E-state index in [1.54, 1.807) is 7.11 Å². The van der Waals surface area contributed by atoms with Crippen LogP contribution in [0.4, 0.5) is 0 Å². The number of ether oxygens (including phenoxy) is 1. The Morgan fingerprint density at radius 1 is 1.15 bits per heavy atom. The molecule has 106 valence electrons. The van der Waals surface area contributed by atoms with E-state index in [9.17, 15) is 0 Å². The third-order valence-corrected chi connectivity index (χ3v) is 4.16. The summed E-state index contributed by atoms with van der Waals surface area (Å²) in [5.74, 6) is 1.15. The molecule has 1 aromatic heterocycles. The monoisotopic (exact) mass is 289 g/mol. The van der Waals surface area contributed by atoms with E-state index in [4.69, 9.17) is 16.3 Å². The molecule has 0 spiro atoms. The second-order valence-electron chi connectivity index (χ2n) is 4.95. The van der Waals surface area contributed by atoms with Crippen molar-refractivity contribution in [2.75, 3.05) is 7.11 Å². The van der Waals surface area contributed by atoms with Crippen molar-refractivity contribution in [2.24, 2.45) is 0 Å². The van der Waals surface area contributed by atoms with Gasteiger partial charge in [-0.2, -0.15) is 0 Å². The van der Waals surface area contributed by atoms with Gasteiger partial charge in [-0.3, -0.25) is 4.98 Å². The van der Waals surface area contributed by atoms with Gasteiger partial charge in [0.15, 0.2) is 0 Å². The number of methoxy groups -OCH3 is 1. The quantitative estimate of drug-likeness (QED) is 0.734. The fourth-order valence-electron chi connectivity index (χ4n) is 2.18. The number of hydrogen-bond acceptors (Lipinski definition) is 2. The van der Waals surface area contributed by atoms with Crippen molar-refractivity contribution < 1.29 is 4.74 Å². The zero-order valence-electron chi connectivity index (χ0n) is 11.9. The van der Waals surface area contributed by atoms with E-state index in [-0.39, 0.29) is 11.3 Å². The number of rotatable bonds is 6. The Morgan fingerprint density at radius 3 is 2.50 bits per heavy atom. The number of benzene rings is 1. The maximum atomic E-state index is 6.51. The third-order valence-electron chi connectivity index (χ3n) is 3.56. The number of pyridine rings is 1. The van der Waals surface area contributed by atoms with Crippen LogP contribution in [-0.4, -0.2) is 17.5 Å². The molecule has 0 N–H and O–H groups in total. The van der Waals surface area contributed by atoms with Gasteiger partial charge in [-0.1, -0.05) is 25.1 Å². The smallest absolute Gasteiger partial charge is 0.118 e. The van der Waals surface area contributed by atoms with Crippen LogP contribution < -0.4 is 4.74 Å². The van der Waals surface area contributed by atoms with E-state index in [2.05, 4.69) is 24.0 Å². The van der Waals surface area contributed by atoms with Crippen molar-refractivity contribution in [1.82, 2.24) is 4.98 Å². The Kier molecular flexibility index (Phi) is 5.42. The molecule has 2 atom stereocenters. The number of hydrogen-bond donors (Lipinski definition) is 0. The van der Waals surface area contributed by atoms with Crippen LogP contribution in [0.2, 0.25) is 0 Å². The van der Waals surface area contributed by atoms with Gasteiger partial charge in [0.05, 0.1) is 7.11 Å². The summed E-state index contributed by atoms with van der Waals surface area (Å²) in [4.78, 5) is 4.38. The predicted octanol–water partition coefficient (Wildman–Crippen LogP) is 4.43. The van der Waals surface area contributed by atoms with Crippen LogP contribution in [0.1, 0.15) is 30.5 Å². The van der Waals surface area contributed by atoms with E-state index in [0.29, 0.717) is 0 Å². The summed E-state index contributed by atoms with van der Waals surface area (Å²) >= 11 is 6.51. The molecule has 2 aromatic rings. The molecule has 0 amide bonds. The van der Waals surface area contributed by atoms with Gasteiger partial charge < -0.3 is 4.74 Å². The molecule has 2 nitrogen and oxygen atoms in total. The molecule has 0 radical (unpaired) electrons. The van der Waals surface area contributed by atoms with Crippen LogP contribution in [0.25, 0.3) is 0 Å². The van der Waals surface area contributed by atoms with Crippen LogP contribution >= 0.6 is 11.6 Å². The normalized spacial score (nSPS) is 13.8. The molecule has 0 aliphatic carbocycles. The first kappa shape index (κ1) is 14.9. The van der Waals surface area contributed by atoms with Crippen molar-refractivity contribution >= 4 is 11.6 Å². The molecule has 1 aromatic carbocycles. The third kappa shape index (κ3) is 3.97. The van der Waals surface area contributed by atoms with Gasteiger partial charge in [0.25, 0.3) is 0 Å². The molecule has 0 bridgehead atoms. The highest BCUT2D eigenvalue weighted by Gasteiger charge is 2.17. The van der Waals surface area contributed by atoms with E-state index in [1.165, 1.54) is 5.56 Å². The lowest BCUT2D eigenvalue weighted by Crippen LogP contribution is -2.12. The maximum Gasteiger partial charge on any atom is 0.118 e. The van der Waals surface area contributed by atoms with Gasteiger partial charge in [-0.05, 0) is 42.7 Å². The Hall–Kier alpha value is -1.54. The Bertz CT molecular complexity index is 512. The Labute approximate surface area is 125 Å². The minimum Gasteiger partial charge on any atom is -0.497 e. The average molecular weight is 290 g/mol. The maximum absolute atomic E-state index is 6.51. The molecular weight excluding hydrogens is 270 g/mol. The van der Waals surface area contributed by atoms with E-state index < -0.39 is 0 Å². The van der Waals surface area contributed by atoms with Crippen molar-refractivity contribution in [2.45, 2.75) is 31.1 Å². The first-order valence-corrected chi connectivity index (χ1v) is 7.32. The lowest BCUT2D eigenvalue weighted by Gasteiger charge is -2.17. The van der Waals surface area contributed by atoms with Gasteiger partial charge in [0.2, 0.25) is 0 Å². The molecular formula is C17H20ClNO. The molecule has 2 unspecified atom stereocenters. The number of alkyl halides is 1. The highest BCUT2D eigenvalue weighted by atomic mass is 35.5. The van der Waals surface area contributed by atoms with Gasteiger partial charge in [-0.25, -0.2) is 0 Å². The summed E-state index contributed by atoms with van der Waals surface area (Å²) in [7, 11) is 1.68. The second-order valence-corrected chi connectivity index (χ2v) is 5.51. The molecule has 0 saturated carbocycles. The van der Waals surface area contributed by atoms with Gasteiger partial charge in [0.1, 0.15) is 5.75 Å². The summed E-state index contributed by atoms with van der Waals surface area (Å²) in [6.07, 6.45) is 3.72. The lowest BCUT2D eigenvalue weighted by molar-refractivity contribution is 0.414. The summed E-state index contributed by atoms with van der Waals surface area (Å²) in [6.45, 7) is 2.13. The van der Waals surface area contributed by atoms with Crippen molar-refractivity contribution in [3.05, 3.63) is 59.9 Å². The van der Waals surface area contributed by atoms with Crippen LogP contribution in [0.15, 0.2) is 48.7 Å². The van der Waals surface area contributed by atoms with Crippen molar-refractivity contribution in [3.8, 4) is 5.75 Å². The van der Waals surface area contributed by atoms with Crippen molar-refractivity contribution in [1.29, 1.82) is 0 Å². The molecule has 0 aliphatic rings. The molecule has 0 saturated heterocycles. The number of halogens is 1. The highest BCUT2D eigenvalue weighted by Crippen LogP contribution is 2.25. The largest absolute Gasteiger partial charge is 0.497 e. The van der Waals surface area contributed by atoms with Gasteiger partial charge >= 0.3 is 0 Å². The van der Waals surface area contributed by atoms with E-state index in [1.807, 2.05) is 36.5 Å². The SMILES string of the molecule is COc1ccc(CCC(Cl)C(C)c2ccccn2)cc1. The summed E-state index contributed by atoms with van der Waals surface area (Å²) in [6, 6.07) is 14.1. The van der Waals surface area contributed by atoms with Crippen molar-refractivity contribution in [3.63, 3.8) is 0 Å². The minimum absolute atomic E-state index is 0.0898. The molecule has 1 heterocycles. The molecule has 2 rings (SSSR count). The zero-order chi connectivity index (χ0) is 14.4. The number of nitrogens with zero attached hydrogens (tertiary/aromatic N) is 1. The topological polar surface area (TPSA) is 22.1 Å². The zero-order valence-corrected chi connectivity index (χ0v) is 12.7. The predicted molar refractivity (Wildman–Crippen MR) is 83.6 cm³/mol. The Morgan fingerprint density at radius 2 is 1.90 bits per heavy atom. The Balaban J connectivity index is 1.89. The fraction of sp³-hybridized carbons (Fsp3) is 0.353. The molecule has 20 heavy (non-hydrogen) atoms. The van der Waals surface area contributed by atoms with Gasteiger partial charge in [-0.15, -0.1) is 11.6 Å². The number of aromatic nitrogens is 1. The van der Waals surface area contributed by atoms with E-state index in [0.717, 1.165) is 24.3 Å². The second kappa shape index (κ2) is 7.30. The first-order valence-electron chi connectivity index (χ1n) is 6.88. The van der Waals surface area contributed by atoms with Crippen LogP contribution in [0.5, 0.6) is 5.75 Å². The molecule has 0 fully saturated rings. The van der Waals surface area contributed by atoms with E-state index >= 15 is 0 Å². The summed E-state index contributed by atoms with van der Waals surface area (Å²) < 4.78 is 5.16. The standard InChI is InChI=1S/C17H20ClNO/c1-13(17-5-3-4-12-19-17)16(18)11-8-14-6-9-15(20-2)10-7-14/h3-7,9-10,12-13,16H,8,11H2,1-2H3. The lowest BCUT2D eigenvalue weighted by atomic mass is 9.97. The molecule has 0 aliphatic heterocycles. The first-order chi connectivity index (χ1) is 9.70. The summed E-state index contributed by atoms with van der Waals surface area (Å²) in [5.41, 5.74) is 2.34. The van der Waals surface area contributed by atoms with Crippen LogP contribution in [0, 0.1) is 0 Å². The minimum atomic E-state index is 0.0898. The summed E-state index contributed by atoms with van der Waals surface area (Å²) in [5, 5.41) is 0.0898. The van der Waals surface area contributed by atoms with Gasteiger partial charge in [0, 0.05) is 23.2 Å². The van der Waals surface area contributed by atoms with Crippen LogP contribution in [0.3, 0.4) is 0 Å².